The van der Waals surface area contributed by atoms with Gasteiger partial charge in [-0.3, -0.25) is 0 Å². The van der Waals surface area contributed by atoms with Crippen molar-refractivity contribution in [3.8, 4) is 11.3 Å². The molecule has 0 aliphatic carbocycles. The largest absolute Gasteiger partial charge is 0.326 e. The molecule has 0 unspecified atom stereocenters. The number of hydrogen-bond acceptors (Lipinski definition) is 3. The average molecular weight is 208 g/mol. The van der Waals surface area contributed by atoms with Crippen LogP contribution in [0, 0.1) is 5.82 Å². The highest BCUT2D eigenvalue weighted by atomic mass is 32.1. The Labute approximate surface area is 85.2 Å². The summed E-state index contributed by atoms with van der Waals surface area (Å²) in [5, 5.41) is 0. The van der Waals surface area contributed by atoms with Gasteiger partial charge in [-0.2, -0.15) is 0 Å². The van der Waals surface area contributed by atoms with Crippen molar-refractivity contribution in [2.45, 2.75) is 6.54 Å². The van der Waals surface area contributed by atoms with Crippen LogP contribution in [0.3, 0.4) is 0 Å². The first-order valence-electron chi connectivity index (χ1n) is 4.19. The van der Waals surface area contributed by atoms with E-state index in [1.54, 1.807) is 11.6 Å². The van der Waals surface area contributed by atoms with Crippen LogP contribution in [-0.2, 0) is 6.54 Å². The molecular weight excluding hydrogens is 199 g/mol. The zero-order valence-corrected chi connectivity index (χ0v) is 8.22. The predicted molar refractivity (Wildman–Crippen MR) is 55.4 cm³/mol. The molecule has 2 N–H and O–H groups in total. The van der Waals surface area contributed by atoms with E-state index in [0.717, 1.165) is 16.1 Å². The molecule has 0 spiro atoms. The van der Waals surface area contributed by atoms with E-state index in [0.29, 0.717) is 6.54 Å². The number of aromatic nitrogens is 1. The van der Waals surface area contributed by atoms with E-state index >= 15 is 0 Å². The SMILES string of the molecule is NCc1scnc1-c1cccc(F)c1. The minimum Gasteiger partial charge on any atom is -0.326 e. The van der Waals surface area contributed by atoms with Gasteiger partial charge in [-0.05, 0) is 12.1 Å². The molecule has 0 bridgehead atoms. The van der Waals surface area contributed by atoms with Crippen molar-refractivity contribution in [3.63, 3.8) is 0 Å². The number of nitrogens with zero attached hydrogens (tertiary/aromatic N) is 1. The summed E-state index contributed by atoms with van der Waals surface area (Å²) >= 11 is 1.49. The van der Waals surface area contributed by atoms with Crippen LogP contribution in [-0.4, -0.2) is 4.98 Å². The smallest absolute Gasteiger partial charge is 0.123 e. The summed E-state index contributed by atoms with van der Waals surface area (Å²) in [7, 11) is 0. The number of rotatable bonds is 2. The van der Waals surface area contributed by atoms with Crippen LogP contribution in [0.25, 0.3) is 11.3 Å². The summed E-state index contributed by atoms with van der Waals surface area (Å²) in [6.07, 6.45) is 0. The van der Waals surface area contributed by atoms with Gasteiger partial charge in [-0.25, -0.2) is 9.37 Å². The number of nitrogens with two attached hydrogens (primary N) is 1. The zero-order chi connectivity index (χ0) is 9.97. The molecular formula is C10H9FN2S. The molecule has 1 heterocycles. The Morgan fingerprint density at radius 2 is 2.29 bits per heavy atom. The summed E-state index contributed by atoms with van der Waals surface area (Å²) in [5.74, 6) is -0.251. The van der Waals surface area contributed by atoms with Gasteiger partial charge in [0.15, 0.2) is 0 Å². The summed E-state index contributed by atoms with van der Waals surface area (Å²) in [6.45, 7) is 0.441. The van der Waals surface area contributed by atoms with Gasteiger partial charge in [0.05, 0.1) is 11.2 Å². The topological polar surface area (TPSA) is 38.9 Å². The van der Waals surface area contributed by atoms with E-state index in [-0.39, 0.29) is 5.82 Å². The molecule has 0 radical (unpaired) electrons. The maximum atomic E-state index is 12.9. The maximum Gasteiger partial charge on any atom is 0.123 e. The molecule has 0 saturated carbocycles. The molecule has 0 atom stereocenters. The standard InChI is InChI=1S/C10H9FN2S/c11-8-3-1-2-7(4-8)10-9(5-12)14-6-13-10/h1-4,6H,5,12H2. The van der Waals surface area contributed by atoms with Crippen molar-refractivity contribution in [2.75, 3.05) is 0 Å². The number of hydrogen-bond donors (Lipinski definition) is 1. The van der Waals surface area contributed by atoms with Crippen LogP contribution in [0.4, 0.5) is 4.39 Å². The quantitative estimate of drug-likeness (QED) is 0.823. The molecule has 2 rings (SSSR count). The van der Waals surface area contributed by atoms with Gasteiger partial charge >= 0.3 is 0 Å². The van der Waals surface area contributed by atoms with Crippen molar-refractivity contribution in [2.24, 2.45) is 5.73 Å². The third kappa shape index (κ3) is 1.66. The van der Waals surface area contributed by atoms with E-state index in [9.17, 15) is 4.39 Å². The second-order valence-corrected chi connectivity index (χ2v) is 3.78. The van der Waals surface area contributed by atoms with Crippen LogP contribution in [0.5, 0.6) is 0 Å². The Bertz CT molecular complexity index is 439. The molecule has 1 aromatic carbocycles. The molecule has 4 heteroatoms. The highest BCUT2D eigenvalue weighted by molar-refractivity contribution is 7.10. The van der Waals surface area contributed by atoms with Gasteiger partial charge in [0.25, 0.3) is 0 Å². The molecule has 0 saturated heterocycles. The lowest BCUT2D eigenvalue weighted by molar-refractivity contribution is 0.628. The highest BCUT2D eigenvalue weighted by Gasteiger charge is 2.07. The molecule has 0 amide bonds. The molecule has 0 fully saturated rings. The van der Waals surface area contributed by atoms with E-state index in [2.05, 4.69) is 4.98 Å². The molecule has 14 heavy (non-hydrogen) atoms. The summed E-state index contributed by atoms with van der Waals surface area (Å²) in [6, 6.07) is 6.38. The second-order valence-electron chi connectivity index (χ2n) is 2.84. The van der Waals surface area contributed by atoms with Crippen molar-refractivity contribution in [3.05, 3.63) is 40.5 Å². The fourth-order valence-electron chi connectivity index (χ4n) is 1.29. The van der Waals surface area contributed by atoms with Crippen molar-refractivity contribution in [1.29, 1.82) is 0 Å². The first-order valence-corrected chi connectivity index (χ1v) is 5.07. The highest BCUT2D eigenvalue weighted by Crippen LogP contribution is 2.25. The summed E-state index contributed by atoms with van der Waals surface area (Å²) in [4.78, 5) is 5.15. The van der Waals surface area contributed by atoms with Gasteiger partial charge < -0.3 is 5.73 Å². The molecule has 2 nitrogen and oxygen atoms in total. The minimum atomic E-state index is -0.251. The third-order valence-corrected chi connectivity index (χ3v) is 2.78. The van der Waals surface area contributed by atoms with Crippen molar-refractivity contribution < 1.29 is 4.39 Å². The van der Waals surface area contributed by atoms with Crippen LogP contribution in [0.15, 0.2) is 29.8 Å². The predicted octanol–water partition coefficient (Wildman–Crippen LogP) is 2.41. The van der Waals surface area contributed by atoms with E-state index in [1.807, 2.05) is 6.07 Å². The first-order chi connectivity index (χ1) is 6.81. The van der Waals surface area contributed by atoms with Gasteiger partial charge in [-0.1, -0.05) is 12.1 Å². The zero-order valence-electron chi connectivity index (χ0n) is 7.40. The molecule has 0 aliphatic rings. The normalized spacial score (nSPS) is 10.4. The summed E-state index contributed by atoms with van der Waals surface area (Å²) in [5.41, 5.74) is 8.84. The van der Waals surface area contributed by atoms with E-state index in [1.165, 1.54) is 23.5 Å². The van der Waals surface area contributed by atoms with Gasteiger partial charge in [0.1, 0.15) is 5.82 Å². The number of benzene rings is 1. The van der Waals surface area contributed by atoms with E-state index in [4.69, 9.17) is 5.73 Å². The lowest BCUT2D eigenvalue weighted by Crippen LogP contribution is -1.95. The van der Waals surface area contributed by atoms with Crippen LogP contribution < -0.4 is 5.73 Å². The first kappa shape index (κ1) is 9.30. The fourth-order valence-corrected chi connectivity index (χ4v) is 1.95. The second kappa shape index (κ2) is 3.86. The summed E-state index contributed by atoms with van der Waals surface area (Å²) < 4.78 is 12.9. The Kier molecular flexibility index (Phi) is 2.56. The monoisotopic (exact) mass is 208 g/mol. The van der Waals surface area contributed by atoms with Crippen LogP contribution in [0.2, 0.25) is 0 Å². The minimum absolute atomic E-state index is 0.251. The lowest BCUT2D eigenvalue weighted by Gasteiger charge is -1.99. The molecule has 72 valence electrons. The van der Waals surface area contributed by atoms with Gasteiger partial charge in [0, 0.05) is 17.0 Å². The van der Waals surface area contributed by atoms with Crippen molar-refractivity contribution >= 4 is 11.3 Å². The Balaban J connectivity index is 2.49. The molecule has 0 aliphatic heterocycles. The van der Waals surface area contributed by atoms with Gasteiger partial charge in [-0.15, -0.1) is 11.3 Å². The Morgan fingerprint density at radius 1 is 1.43 bits per heavy atom. The number of thiazole rings is 1. The van der Waals surface area contributed by atoms with Crippen molar-refractivity contribution in [1.82, 2.24) is 4.98 Å². The van der Waals surface area contributed by atoms with Crippen LogP contribution in [0.1, 0.15) is 4.88 Å². The third-order valence-electron chi connectivity index (χ3n) is 1.92. The van der Waals surface area contributed by atoms with Crippen LogP contribution >= 0.6 is 11.3 Å². The maximum absolute atomic E-state index is 12.9. The average Bonchev–Trinajstić information content (AvgIpc) is 2.65. The lowest BCUT2D eigenvalue weighted by atomic mass is 10.1. The number of halogens is 1. The Hall–Kier alpha value is -1.26. The fraction of sp³-hybridized carbons (Fsp3) is 0.100. The van der Waals surface area contributed by atoms with E-state index < -0.39 is 0 Å². The Morgan fingerprint density at radius 3 is 3.00 bits per heavy atom. The molecule has 2 aromatic rings. The van der Waals surface area contributed by atoms with Gasteiger partial charge in [0.2, 0.25) is 0 Å². The molecule has 1 aromatic heterocycles.